The molecule has 0 unspecified atom stereocenters. The quantitative estimate of drug-likeness (QED) is 0.761. The highest BCUT2D eigenvalue weighted by molar-refractivity contribution is 7.92. The molecule has 1 aromatic carbocycles. The number of hydrogen-bond acceptors (Lipinski definition) is 5. The number of imidazole rings is 1. The number of alkyl halides is 3. The number of aromatic nitrogens is 3. The van der Waals surface area contributed by atoms with Gasteiger partial charge in [0.2, 0.25) is 9.99 Å². The number of anilines is 1. The molecule has 0 spiro atoms. The smallest absolute Gasteiger partial charge is 0.278 e. The molecule has 0 atom stereocenters. The standard InChI is InChI=1S/C13H11F3N4O2S2/c1-7-11(20-12(17-7)23-8(2)18-20)24(21,22)19-10-5-3-4-9(6-10)13(14,15)16/h3-6,19H,1-2H3. The second-order valence-corrected chi connectivity index (χ2v) is 7.76. The molecule has 0 aliphatic heterocycles. The molecule has 6 nitrogen and oxygen atoms in total. The van der Waals surface area contributed by atoms with Crippen LogP contribution in [0.3, 0.4) is 0 Å². The van der Waals surface area contributed by atoms with Gasteiger partial charge in [-0.1, -0.05) is 17.4 Å². The molecule has 3 aromatic rings. The largest absolute Gasteiger partial charge is 0.416 e. The van der Waals surface area contributed by atoms with Crippen LogP contribution >= 0.6 is 11.3 Å². The van der Waals surface area contributed by atoms with Gasteiger partial charge in [-0.15, -0.1) is 0 Å². The molecule has 0 aliphatic rings. The maximum Gasteiger partial charge on any atom is 0.416 e. The van der Waals surface area contributed by atoms with Crippen LogP contribution in [0.5, 0.6) is 0 Å². The zero-order chi connectivity index (χ0) is 17.7. The average molecular weight is 376 g/mol. The molecule has 2 heterocycles. The van der Waals surface area contributed by atoms with Crippen molar-refractivity contribution in [3.8, 4) is 0 Å². The predicted molar refractivity (Wildman–Crippen MR) is 82.6 cm³/mol. The van der Waals surface area contributed by atoms with Crippen LogP contribution in [-0.2, 0) is 16.2 Å². The molecule has 0 aliphatic carbocycles. The van der Waals surface area contributed by atoms with Gasteiger partial charge < -0.3 is 0 Å². The van der Waals surface area contributed by atoms with Crippen molar-refractivity contribution in [1.82, 2.24) is 14.6 Å². The molecule has 0 radical (unpaired) electrons. The summed E-state index contributed by atoms with van der Waals surface area (Å²) in [5.74, 6) is 0. The number of halogens is 3. The zero-order valence-corrected chi connectivity index (χ0v) is 14.1. The van der Waals surface area contributed by atoms with E-state index in [0.29, 0.717) is 9.97 Å². The lowest BCUT2D eigenvalue weighted by atomic mass is 10.2. The van der Waals surface area contributed by atoms with Crippen LogP contribution in [0.4, 0.5) is 18.9 Å². The second kappa shape index (κ2) is 5.45. The molecule has 0 saturated heterocycles. The lowest BCUT2D eigenvalue weighted by Gasteiger charge is -2.11. The first-order chi connectivity index (χ1) is 11.1. The highest BCUT2D eigenvalue weighted by Crippen LogP contribution is 2.31. The van der Waals surface area contributed by atoms with Crippen LogP contribution in [-0.4, -0.2) is 23.0 Å². The molecule has 24 heavy (non-hydrogen) atoms. The van der Waals surface area contributed by atoms with Crippen molar-refractivity contribution in [2.45, 2.75) is 25.0 Å². The van der Waals surface area contributed by atoms with Gasteiger partial charge in [-0.25, -0.2) is 4.98 Å². The van der Waals surface area contributed by atoms with Crippen LogP contribution in [0, 0.1) is 13.8 Å². The summed E-state index contributed by atoms with van der Waals surface area (Å²) >= 11 is 1.22. The Labute approximate surface area is 139 Å². The van der Waals surface area contributed by atoms with Gasteiger partial charge in [-0.2, -0.15) is 31.2 Å². The number of nitrogens with one attached hydrogen (secondary N) is 1. The minimum atomic E-state index is -4.56. The van der Waals surface area contributed by atoms with Crippen molar-refractivity contribution in [1.29, 1.82) is 0 Å². The number of fused-ring (bicyclic) bond motifs is 1. The molecular formula is C13H11F3N4O2S2. The van der Waals surface area contributed by atoms with Gasteiger partial charge in [0, 0.05) is 5.69 Å². The van der Waals surface area contributed by atoms with Crippen molar-refractivity contribution < 1.29 is 21.6 Å². The lowest BCUT2D eigenvalue weighted by Crippen LogP contribution is -2.17. The fraction of sp³-hybridized carbons (Fsp3) is 0.231. The van der Waals surface area contributed by atoms with E-state index in [1.165, 1.54) is 28.8 Å². The van der Waals surface area contributed by atoms with E-state index in [9.17, 15) is 21.6 Å². The molecule has 0 saturated carbocycles. The maximum absolute atomic E-state index is 12.7. The van der Waals surface area contributed by atoms with Gasteiger partial charge in [-0.3, -0.25) is 4.72 Å². The predicted octanol–water partition coefficient (Wildman–Crippen LogP) is 3.23. The first-order valence-corrected chi connectivity index (χ1v) is 8.91. The highest BCUT2D eigenvalue weighted by Gasteiger charge is 2.31. The van der Waals surface area contributed by atoms with Crippen LogP contribution in [0.2, 0.25) is 0 Å². The Morgan fingerprint density at radius 3 is 2.62 bits per heavy atom. The number of rotatable bonds is 3. The van der Waals surface area contributed by atoms with Crippen molar-refractivity contribution in [2.24, 2.45) is 0 Å². The summed E-state index contributed by atoms with van der Waals surface area (Å²) < 4.78 is 66.7. The minimum Gasteiger partial charge on any atom is -0.278 e. The second-order valence-electron chi connectivity index (χ2n) is 5.00. The van der Waals surface area contributed by atoms with E-state index in [2.05, 4.69) is 14.8 Å². The number of nitrogens with zero attached hydrogens (tertiary/aromatic N) is 3. The highest BCUT2D eigenvalue weighted by atomic mass is 32.2. The van der Waals surface area contributed by atoms with E-state index in [1.54, 1.807) is 6.92 Å². The molecule has 3 rings (SSSR count). The molecule has 0 bridgehead atoms. The summed E-state index contributed by atoms with van der Waals surface area (Å²) in [7, 11) is -4.15. The maximum atomic E-state index is 12.7. The van der Waals surface area contributed by atoms with Gasteiger partial charge >= 0.3 is 6.18 Å². The van der Waals surface area contributed by atoms with Gasteiger partial charge in [0.1, 0.15) is 5.01 Å². The Morgan fingerprint density at radius 2 is 1.96 bits per heavy atom. The average Bonchev–Trinajstić information content (AvgIpc) is 2.91. The SMILES string of the molecule is Cc1nn2c(S(=O)(=O)Nc3cccc(C(F)(F)F)c3)c(C)nc2s1. The van der Waals surface area contributed by atoms with E-state index in [1.807, 2.05) is 0 Å². The minimum absolute atomic E-state index is 0.189. The van der Waals surface area contributed by atoms with E-state index < -0.39 is 21.8 Å². The van der Waals surface area contributed by atoms with Crippen LogP contribution in [0.1, 0.15) is 16.3 Å². The molecule has 0 amide bonds. The third-order valence-corrected chi connectivity index (χ3v) is 5.43. The zero-order valence-electron chi connectivity index (χ0n) is 12.4. The fourth-order valence-electron chi connectivity index (χ4n) is 2.20. The van der Waals surface area contributed by atoms with Crippen molar-refractivity contribution in [3.63, 3.8) is 0 Å². The summed E-state index contributed by atoms with van der Waals surface area (Å²) in [4.78, 5) is 4.52. The number of benzene rings is 1. The van der Waals surface area contributed by atoms with Gasteiger partial charge in [0.15, 0.2) is 0 Å². The molecule has 2 aromatic heterocycles. The van der Waals surface area contributed by atoms with Crippen molar-refractivity contribution in [2.75, 3.05) is 4.72 Å². The van der Waals surface area contributed by atoms with Crippen LogP contribution < -0.4 is 4.72 Å². The molecule has 128 valence electrons. The van der Waals surface area contributed by atoms with Gasteiger partial charge in [0.25, 0.3) is 10.0 Å². The van der Waals surface area contributed by atoms with Crippen molar-refractivity contribution in [3.05, 3.63) is 40.5 Å². The van der Waals surface area contributed by atoms with Crippen LogP contribution in [0.25, 0.3) is 4.96 Å². The molecule has 0 fully saturated rings. The Morgan fingerprint density at radius 1 is 1.25 bits per heavy atom. The van der Waals surface area contributed by atoms with E-state index >= 15 is 0 Å². The van der Waals surface area contributed by atoms with E-state index in [4.69, 9.17) is 0 Å². The third-order valence-electron chi connectivity index (χ3n) is 3.12. The topological polar surface area (TPSA) is 76.4 Å². The molecular weight excluding hydrogens is 365 g/mol. The first-order valence-electron chi connectivity index (χ1n) is 6.61. The molecule has 1 N–H and O–H groups in total. The summed E-state index contributed by atoms with van der Waals surface area (Å²) in [6, 6.07) is 3.97. The first kappa shape index (κ1) is 16.7. The molecule has 11 heteroatoms. The summed E-state index contributed by atoms with van der Waals surface area (Å²) in [5, 5.41) is 4.50. The fourth-order valence-corrected chi connectivity index (χ4v) is 4.37. The van der Waals surface area contributed by atoms with E-state index in [-0.39, 0.29) is 16.4 Å². The van der Waals surface area contributed by atoms with Crippen LogP contribution in [0.15, 0.2) is 29.3 Å². The van der Waals surface area contributed by atoms with Gasteiger partial charge in [0.05, 0.1) is 11.3 Å². The summed E-state index contributed by atoms with van der Waals surface area (Å²) in [5.41, 5.74) is -0.915. The monoisotopic (exact) mass is 376 g/mol. The Bertz CT molecular complexity index is 1020. The Hall–Kier alpha value is -2.14. The van der Waals surface area contributed by atoms with Gasteiger partial charge in [-0.05, 0) is 32.0 Å². The Kier molecular flexibility index (Phi) is 3.79. The summed E-state index contributed by atoms with van der Waals surface area (Å²) in [6.45, 7) is 3.20. The third kappa shape index (κ3) is 2.96. The normalized spacial score (nSPS) is 12.7. The summed E-state index contributed by atoms with van der Waals surface area (Å²) in [6.07, 6.45) is -4.56. The lowest BCUT2D eigenvalue weighted by molar-refractivity contribution is -0.137. The number of aryl methyl sites for hydroxylation is 2. The van der Waals surface area contributed by atoms with E-state index in [0.717, 1.165) is 18.2 Å². The Balaban J connectivity index is 2.04. The number of hydrogen-bond donors (Lipinski definition) is 1. The number of sulfonamides is 1. The van der Waals surface area contributed by atoms with Crippen molar-refractivity contribution >= 4 is 32.0 Å².